The van der Waals surface area contributed by atoms with E-state index in [1.807, 2.05) is 18.4 Å². The second-order valence-corrected chi connectivity index (χ2v) is 6.09. The molecule has 0 aliphatic heterocycles. The molecule has 0 atom stereocenters. The van der Waals surface area contributed by atoms with E-state index in [1.54, 1.807) is 29.5 Å². The Kier molecular flexibility index (Phi) is 3.98. The number of ether oxygens (including phenoxy) is 1. The zero-order valence-corrected chi connectivity index (χ0v) is 13.6. The van der Waals surface area contributed by atoms with E-state index in [4.69, 9.17) is 4.74 Å². The van der Waals surface area contributed by atoms with Crippen molar-refractivity contribution in [2.75, 3.05) is 0 Å². The Hall–Kier alpha value is -1.79. The maximum atomic E-state index is 11.0. The molecule has 0 amide bonds. The molecule has 0 aliphatic carbocycles. The summed E-state index contributed by atoms with van der Waals surface area (Å²) in [7, 11) is 0. The van der Waals surface area contributed by atoms with E-state index >= 15 is 0 Å². The molecule has 4 nitrogen and oxygen atoms in total. The van der Waals surface area contributed by atoms with Crippen LogP contribution >= 0.6 is 27.3 Å². The summed E-state index contributed by atoms with van der Waals surface area (Å²) in [5, 5.41) is 2.84. The second kappa shape index (κ2) is 5.91. The number of carbonyl (C=O) groups is 1. The maximum Gasteiger partial charge on any atom is 0.231 e. The summed E-state index contributed by atoms with van der Waals surface area (Å²) in [6.45, 7) is 2.00. The first-order valence-corrected chi connectivity index (χ1v) is 8.05. The van der Waals surface area contributed by atoms with Crippen LogP contribution in [-0.4, -0.2) is 16.3 Å². The molecule has 6 heteroatoms. The molecule has 0 spiro atoms. The first kappa shape index (κ1) is 14.2. The highest BCUT2D eigenvalue weighted by Gasteiger charge is 2.11. The number of fused-ring (bicyclic) bond motifs is 1. The van der Waals surface area contributed by atoms with Gasteiger partial charge in [0.25, 0.3) is 0 Å². The monoisotopic (exact) mass is 362 g/mol. The van der Waals surface area contributed by atoms with Crippen molar-refractivity contribution >= 4 is 43.8 Å². The van der Waals surface area contributed by atoms with Gasteiger partial charge in [-0.25, -0.2) is 4.98 Å². The maximum absolute atomic E-state index is 11.0. The van der Waals surface area contributed by atoms with Crippen LogP contribution in [0.4, 0.5) is 0 Å². The van der Waals surface area contributed by atoms with Gasteiger partial charge in [0.1, 0.15) is 16.4 Å². The fourth-order valence-corrected chi connectivity index (χ4v) is 3.01. The van der Waals surface area contributed by atoms with Gasteiger partial charge in [0, 0.05) is 16.5 Å². The lowest BCUT2D eigenvalue weighted by Crippen LogP contribution is -1.97. The molecule has 3 aromatic rings. The lowest BCUT2D eigenvalue weighted by atomic mass is 10.2. The van der Waals surface area contributed by atoms with Crippen LogP contribution in [0.2, 0.25) is 0 Å². The van der Waals surface area contributed by atoms with Crippen LogP contribution in [0.3, 0.4) is 0 Å². The molecule has 0 saturated heterocycles. The van der Waals surface area contributed by atoms with Crippen molar-refractivity contribution in [2.45, 2.75) is 13.3 Å². The molecule has 21 heavy (non-hydrogen) atoms. The lowest BCUT2D eigenvalue weighted by Gasteiger charge is -2.08. The van der Waals surface area contributed by atoms with Gasteiger partial charge in [-0.05, 0) is 29.6 Å². The van der Waals surface area contributed by atoms with Gasteiger partial charge in [0.05, 0.1) is 5.39 Å². The molecule has 2 heterocycles. The third kappa shape index (κ3) is 2.82. The zero-order valence-electron chi connectivity index (χ0n) is 11.2. The van der Waals surface area contributed by atoms with Crippen LogP contribution in [0, 0.1) is 0 Å². The molecule has 0 bridgehead atoms. The summed E-state index contributed by atoms with van der Waals surface area (Å²) >= 11 is 4.88. The smallest absolute Gasteiger partial charge is 0.231 e. The van der Waals surface area contributed by atoms with Gasteiger partial charge in [-0.2, -0.15) is 4.98 Å². The van der Waals surface area contributed by atoms with Crippen LogP contribution < -0.4 is 4.74 Å². The molecule has 0 N–H and O–H groups in total. The molecule has 3 rings (SSSR count). The van der Waals surface area contributed by atoms with Gasteiger partial charge in [-0.1, -0.05) is 22.9 Å². The molecule has 0 saturated carbocycles. The minimum atomic E-state index is 0.525. The van der Waals surface area contributed by atoms with Crippen molar-refractivity contribution in [1.82, 2.24) is 9.97 Å². The Bertz CT molecular complexity index is 817. The number of hydrogen-bond donors (Lipinski definition) is 0. The van der Waals surface area contributed by atoms with Crippen molar-refractivity contribution in [1.29, 1.82) is 0 Å². The molecule has 0 radical (unpaired) electrons. The Labute approximate surface area is 133 Å². The van der Waals surface area contributed by atoms with E-state index < -0.39 is 0 Å². The quantitative estimate of drug-likeness (QED) is 0.635. The Morgan fingerprint density at radius 1 is 1.33 bits per heavy atom. The number of hydrogen-bond acceptors (Lipinski definition) is 5. The third-order valence-corrected chi connectivity index (χ3v) is 4.49. The highest BCUT2D eigenvalue weighted by atomic mass is 79.9. The van der Waals surface area contributed by atoms with E-state index in [-0.39, 0.29) is 0 Å². The normalized spacial score (nSPS) is 10.8. The van der Waals surface area contributed by atoms with Gasteiger partial charge in [0.2, 0.25) is 5.88 Å². The predicted octanol–water partition coefficient (Wildman–Crippen LogP) is 4.62. The molecule has 0 aliphatic rings. The zero-order chi connectivity index (χ0) is 14.8. The average molecular weight is 363 g/mol. The SMILES string of the molecule is CCc1nc(Oc2ccc(Br)c(C=O)c2)c2ccsc2n1. The van der Waals surface area contributed by atoms with E-state index in [9.17, 15) is 4.79 Å². The molecular formula is C15H11BrN2O2S. The Morgan fingerprint density at radius 3 is 2.95 bits per heavy atom. The summed E-state index contributed by atoms with van der Waals surface area (Å²) in [5.41, 5.74) is 0.541. The summed E-state index contributed by atoms with van der Waals surface area (Å²) < 4.78 is 6.60. The van der Waals surface area contributed by atoms with Gasteiger partial charge < -0.3 is 4.74 Å². The fourth-order valence-electron chi connectivity index (χ4n) is 1.89. The van der Waals surface area contributed by atoms with Crippen LogP contribution in [0.5, 0.6) is 11.6 Å². The van der Waals surface area contributed by atoms with Crippen LogP contribution in [0.1, 0.15) is 23.1 Å². The number of aromatic nitrogens is 2. The number of rotatable bonds is 4. The summed E-state index contributed by atoms with van der Waals surface area (Å²) in [5.74, 6) is 1.85. The summed E-state index contributed by atoms with van der Waals surface area (Å²) in [6, 6.07) is 7.20. The van der Waals surface area contributed by atoms with Crippen molar-refractivity contribution < 1.29 is 9.53 Å². The molecule has 106 valence electrons. The molecule has 2 aromatic heterocycles. The predicted molar refractivity (Wildman–Crippen MR) is 86.4 cm³/mol. The van der Waals surface area contributed by atoms with Gasteiger partial charge in [-0.15, -0.1) is 11.3 Å². The van der Waals surface area contributed by atoms with Gasteiger partial charge in [-0.3, -0.25) is 4.79 Å². The van der Waals surface area contributed by atoms with Crippen molar-refractivity contribution in [2.24, 2.45) is 0 Å². The van der Waals surface area contributed by atoms with E-state index in [0.717, 1.165) is 33.2 Å². The number of aryl methyl sites for hydroxylation is 1. The van der Waals surface area contributed by atoms with Gasteiger partial charge in [0.15, 0.2) is 6.29 Å². The van der Waals surface area contributed by atoms with Crippen LogP contribution in [0.25, 0.3) is 10.2 Å². The van der Waals surface area contributed by atoms with Crippen LogP contribution in [-0.2, 0) is 6.42 Å². The minimum Gasteiger partial charge on any atom is -0.438 e. The largest absolute Gasteiger partial charge is 0.438 e. The summed E-state index contributed by atoms with van der Waals surface area (Å²) in [4.78, 5) is 20.8. The van der Waals surface area contributed by atoms with Crippen molar-refractivity contribution in [3.05, 3.63) is 45.5 Å². The first-order chi connectivity index (χ1) is 10.2. The highest BCUT2D eigenvalue weighted by molar-refractivity contribution is 9.10. The van der Waals surface area contributed by atoms with E-state index in [1.165, 1.54) is 0 Å². The van der Waals surface area contributed by atoms with Crippen molar-refractivity contribution in [3.63, 3.8) is 0 Å². The number of aldehydes is 1. The number of benzene rings is 1. The highest BCUT2D eigenvalue weighted by Crippen LogP contribution is 2.31. The van der Waals surface area contributed by atoms with E-state index in [0.29, 0.717) is 17.2 Å². The van der Waals surface area contributed by atoms with Crippen molar-refractivity contribution in [3.8, 4) is 11.6 Å². The molecule has 0 unspecified atom stereocenters. The van der Waals surface area contributed by atoms with Gasteiger partial charge >= 0.3 is 0 Å². The second-order valence-electron chi connectivity index (χ2n) is 4.34. The number of thiophene rings is 1. The van der Waals surface area contributed by atoms with E-state index in [2.05, 4.69) is 25.9 Å². The standard InChI is InChI=1S/C15H11BrN2O2S/c1-2-13-17-14(11-5-6-21-15(11)18-13)20-10-3-4-12(16)9(7-10)8-19/h3-8H,2H2,1H3. The Balaban J connectivity index is 2.04. The Morgan fingerprint density at radius 2 is 2.19 bits per heavy atom. The molecular weight excluding hydrogens is 352 g/mol. The lowest BCUT2D eigenvalue weighted by molar-refractivity contribution is 0.112. The third-order valence-electron chi connectivity index (χ3n) is 2.96. The van der Waals surface area contributed by atoms with Crippen LogP contribution in [0.15, 0.2) is 34.1 Å². The molecule has 0 fully saturated rings. The molecule has 1 aromatic carbocycles. The summed E-state index contributed by atoms with van der Waals surface area (Å²) in [6.07, 6.45) is 1.53. The minimum absolute atomic E-state index is 0.525. The average Bonchev–Trinajstić information content (AvgIpc) is 2.97. The number of carbonyl (C=O) groups excluding carboxylic acids is 1. The number of halogens is 1. The topological polar surface area (TPSA) is 52.1 Å². The first-order valence-electron chi connectivity index (χ1n) is 6.38. The number of nitrogens with zero attached hydrogens (tertiary/aromatic N) is 2. The fraction of sp³-hybridized carbons (Fsp3) is 0.133.